The van der Waals surface area contributed by atoms with Gasteiger partial charge in [-0.15, -0.1) is 0 Å². The zero-order valence-electron chi connectivity index (χ0n) is 15.5. The van der Waals surface area contributed by atoms with Gasteiger partial charge in [-0.3, -0.25) is 4.79 Å². The molecule has 2 rings (SSSR count). The number of hydrogen-bond donors (Lipinski definition) is 0. The molecule has 0 aliphatic carbocycles. The van der Waals surface area contributed by atoms with E-state index in [1.165, 1.54) is 0 Å². The van der Waals surface area contributed by atoms with Crippen LogP contribution in [0.3, 0.4) is 0 Å². The average molecular weight is 333 g/mol. The maximum Gasteiger partial charge on any atom is 0.225 e. The minimum Gasteiger partial charge on any atom is -0.341 e. The Balaban J connectivity index is 1.91. The Kier molecular flexibility index (Phi) is 6.97. The Bertz CT molecular complexity index is 497. The van der Waals surface area contributed by atoms with Crippen molar-refractivity contribution < 1.29 is 4.79 Å². The van der Waals surface area contributed by atoms with Crippen LogP contribution in [-0.2, 0) is 4.79 Å². The topological polar surface area (TPSA) is 52.6 Å². The quantitative estimate of drug-likeness (QED) is 0.761. The van der Waals surface area contributed by atoms with Crippen molar-refractivity contribution in [3.63, 3.8) is 0 Å². The van der Waals surface area contributed by atoms with E-state index in [0.717, 1.165) is 51.5 Å². The van der Waals surface area contributed by atoms with Crippen LogP contribution in [0.15, 0.2) is 18.5 Å². The SMILES string of the molecule is CC(C)CN(CCN(C)C)C(=O)C1CCN(c2ncccn2)CC1. The largest absolute Gasteiger partial charge is 0.341 e. The number of likely N-dealkylation sites (N-methyl/N-ethyl adjacent to an activating group) is 1. The molecule has 1 saturated heterocycles. The smallest absolute Gasteiger partial charge is 0.225 e. The highest BCUT2D eigenvalue weighted by Crippen LogP contribution is 2.22. The average Bonchev–Trinajstić information content (AvgIpc) is 2.58. The van der Waals surface area contributed by atoms with Gasteiger partial charge in [0.05, 0.1) is 0 Å². The van der Waals surface area contributed by atoms with Gasteiger partial charge in [-0.05, 0) is 38.9 Å². The summed E-state index contributed by atoms with van der Waals surface area (Å²) in [6, 6.07) is 1.83. The standard InChI is InChI=1S/C18H31N5O/c1-15(2)14-23(13-12-21(3)4)17(24)16-6-10-22(11-7-16)18-19-8-5-9-20-18/h5,8-9,15-16H,6-7,10-14H2,1-4H3. The molecule has 0 aromatic carbocycles. The third-order valence-corrected chi connectivity index (χ3v) is 4.39. The van der Waals surface area contributed by atoms with E-state index >= 15 is 0 Å². The van der Waals surface area contributed by atoms with Gasteiger partial charge in [-0.1, -0.05) is 13.8 Å². The molecule has 2 heterocycles. The van der Waals surface area contributed by atoms with Gasteiger partial charge in [0.15, 0.2) is 0 Å². The fraction of sp³-hybridized carbons (Fsp3) is 0.722. The van der Waals surface area contributed by atoms with Crippen molar-refractivity contribution in [2.45, 2.75) is 26.7 Å². The van der Waals surface area contributed by atoms with E-state index in [9.17, 15) is 4.79 Å². The van der Waals surface area contributed by atoms with Crippen molar-refractivity contribution in [1.29, 1.82) is 0 Å². The second kappa shape index (κ2) is 8.97. The lowest BCUT2D eigenvalue weighted by Gasteiger charge is -2.35. The predicted octanol–water partition coefficient (Wildman–Crippen LogP) is 1.74. The van der Waals surface area contributed by atoms with E-state index in [2.05, 4.69) is 52.6 Å². The summed E-state index contributed by atoms with van der Waals surface area (Å²) in [5, 5.41) is 0. The first-order chi connectivity index (χ1) is 11.5. The molecule has 1 aromatic heterocycles. The minimum absolute atomic E-state index is 0.130. The molecule has 1 amide bonds. The molecule has 24 heavy (non-hydrogen) atoms. The number of amides is 1. The van der Waals surface area contributed by atoms with Gasteiger partial charge >= 0.3 is 0 Å². The summed E-state index contributed by atoms with van der Waals surface area (Å²) in [7, 11) is 4.10. The first-order valence-corrected chi connectivity index (χ1v) is 8.93. The van der Waals surface area contributed by atoms with Crippen LogP contribution in [0.4, 0.5) is 5.95 Å². The molecule has 0 N–H and O–H groups in total. The number of carbonyl (C=O) groups is 1. The van der Waals surface area contributed by atoms with Gasteiger partial charge in [0.1, 0.15) is 0 Å². The summed E-state index contributed by atoms with van der Waals surface area (Å²) in [6.07, 6.45) is 5.30. The molecule has 6 nitrogen and oxygen atoms in total. The highest BCUT2D eigenvalue weighted by Gasteiger charge is 2.29. The van der Waals surface area contributed by atoms with Crippen molar-refractivity contribution in [3.8, 4) is 0 Å². The highest BCUT2D eigenvalue weighted by molar-refractivity contribution is 5.79. The summed E-state index contributed by atoms with van der Waals surface area (Å²) in [6.45, 7) is 8.61. The maximum absolute atomic E-state index is 12.9. The van der Waals surface area contributed by atoms with Crippen LogP contribution in [0.1, 0.15) is 26.7 Å². The molecule has 6 heteroatoms. The van der Waals surface area contributed by atoms with Gasteiger partial charge in [0.25, 0.3) is 0 Å². The van der Waals surface area contributed by atoms with Crippen LogP contribution in [0.5, 0.6) is 0 Å². The molecule has 1 fully saturated rings. The number of hydrogen-bond acceptors (Lipinski definition) is 5. The number of anilines is 1. The Labute approximate surface area is 145 Å². The van der Waals surface area contributed by atoms with Crippen LogP contribution in [-0.4, -0.2) is 72.5 Å². The van der Waals surface area contributed by atoms with Crippen molar-refractivity contribution in [1.82, 2.24) is 19.8 Å². The lowest BCUT2D eigenvalue weighted by Crippen LogP contribution is -2.46. The van der Waals surface area contributed by atoms with Gasteiger partial charge < -0.3 is 14.7 Å². The Morgan fingerprint density at radius 3 is 2.38 bits per heavy atom. The molecule has 0 saturated carbocycles. The molecule has 1 aliphatic rings. The molecular weight excluding hydrogens is 302 g/mol. The van der Waals surface area contributed by atoms with Crippen molar-refractivity contribution in [2.24, 2.45) is 11.8 Å². The monoisotopic (exact) mass is 333 g/mol. The van der Waals surface area contributed by atoms with E-state index < -0.39 is 0 Å². The van der Waals surface area contributed by atoms with Crippen LogP contribution < -0.4 is 4.90 Å². The van der Waals surface area contributed by atoms with Gasteiger partial charge in [0, 0.05) is 51.0 Å². The Morgan fingerprint density at radius 2 is 1.83 bits per heavy atom. The van der Waals surface area contributed by atoms with E-state index in [4.69, 9.17) is 0 Å². The summed E-state index contributed by atoms with van der Waals surface area (Å²) < 4.78 is 0. The van der Waals surface area contributed by atoms with Crippen molar-refractivity contribution in [2.75, 3.05) is 51.7 Å². The second-order valence-corrected chi connectivity index (χ2v) is 7.29. The first kappa shape index (κ1) is 18.6. The fourth-order valence-corrected chi connectivity index (χ4v) is 3.09. The number of aromatic nitrogens is 2. The van der Waals surface area contributed by atoms with Crippen molar-refractivity contribution in [3.05, 3.63) is 18.5 Å². The molecule has 1 aromatic rings. The second-order valence-electron chi connectivity index (χ2n) is 7.29. The third-order valence-electron chi connectivity index (χ3n) is 4.39. The molecule has 0 spiro atoms. The molecule has 134 valence electrons. The van der Waals surface area contributed by atoms with Crippen LogP contribution in [0.25, 0.3) is 0 Å². The Hall–Kier alpha value is -1.69. The summed E-state index contributed by atoms with van der Waals surface area (Å²) in [4.78, 5) is 27.9. The van der Waals surface area contributed by atoms with Crippen LogP contribution >= 0.6 is 0 Å². The van der Waals surface area contributed by atoms with E-state index in [1.54, 1.807) is 12.4 Å². The van der Waals surface area contributed by atoms with E-state index in [0.29, 0.717) is 11.8 Å². The van der Waals surface area contributed by atoms with Crippen LogP contribution in [0, 0.1) is 11.8 Å². The normalized spacial score (nSPS) is 16.0. The number of carbonyl (C=O) groups excluding carboxylic acids is 1. The molecule has 0 atom stereocenters. The maximum atomic E-state index is 12.9. The molecule has 0 bridgehead atoms. The predicted molar refractivity (Wildman–Crippen MR) is 96.9 cm³/mol. The van der Waals surface area contributed by atoms with Gasteiger partial charge in [-0.25, -0.2) is 9.97 Å². The molecular formula is C18H31N5O. The Morgan fingerprint density at radius 1 is 1.21 bits per heavy atom. The lowest BCUT2D eigenvalue weighted by molar-refractivity contribution is -0.136. The zero-order chi connectivity index (χ0) is 17.5. The lowest BCUT2D eigenvalue weighted by atomic mass is 9.95. The van der Waals surface area contributed by atoms with Gasteiger partial charge in [-0.2, -0.15) is 0 Å². The summed E-state index contributed by atoms with van der Waals surface area (Å²) in [5.41, 5.74) is 0. The first-order valence-electron chi connectivity index (χ1n) is 8.93. The third kappa shape index (κ3) is 5.44. The molecule has 0 radical (unpaired) electrons. The number of piperidine rings is 1. The minimum atomic E-state index is 0.130. The van der Waals surface area contributed by atoms with Crippen molar-refractivity contribution >= 4 is 11.9 Å². The van der Waals surface area contributed by atoms with E-state index in [-0.39, 0.29) is 5.92 Å². The number of rotatable bonds is 7. The highest BCUT2D eigenvalue weighted by atomic mass is 16.2. The summed E-state index contributed by atoms with van der Waals surface area (Å²) in [5.74, 6) is 1.72. The van der Waals surface area contributed by atoms with Gasteiger partial charge in [0.2, 0.25) is 11.9 Å². The van der Waals surface area contributed by atoms with Crippen LogP contribution in [0.2, 0.25) is 0 Å². The fourth-order valence-electron chi connectivity index (χ4n) is 3.09. The molecule has 0 unspecified atom stereocenters. The molecule has 1 aliphatic heterocycles. The van der Waals surface area contributed by atoms with E-state index in [1.807, 2.05) is 6.07 Å². The zero-order valence-corrected chi connectivity index (χ0v) is 15.5. The number of nitrogens with zero attached hydrogens (tertiary/aromatic N) is 5. The summed E-state index contributed by atoms with van der Waals surface area (Å²) >= 11 is 0.